The fourth-order valence-electron chi connectivity index (χ4n) is 3.74. The number of fused-ring (bicyclic) bond motifs is 1. The minimum atomic E-state index is -1.05. The lowest BCUT2D eigenvalue weighted by molar-refractivity contribution is -0.122. The molecule has 1 saturated heterocycles. The monoisotopic (exact) mass is 390 g/mol. The van der Waals surface area contributed by atoms with Crippen molar-refractivity contribution in [3.63, 3.8) is 0 Å². The zero-order valence-corrected chi connectivity index (χ0v) is 15.4. The van der Waals surface area contributed by atoms with E-state index in [2.05, 4.69) is 5.32 Å². The van der Waals surface area contributed by atoms with Crippen LogP contribution in [0.2, 0.25) is 0 Å². The zero-order valence-electron chi connectivity index (χ0n) is 15.4. The number of aromatic carboxylic acids is 1. The van der Waals surface area contributed by atoms with Crippen molar-refractivity contribution in [1.82, 2.24) is 0 Å². The molecule has 0 spiro atoms. The summed E-state index contributed by atoms with van der Waals surface area (Å²) in [5.41, 5.74) is 1.23. The maximum atomic E-state index is 12.7. The van der Waals surface area contributed by atoms with E-state index in [0.29, 0.717) is 29.8 Å². The van der Waals surface area contributed by atoms with Gasteiger partial charge in [-0.3, -0.25) is 19.3 Å². The predicted molar refractivity (Wildman–Crippen MR) is 106 cm³/mol. The lowest BCUT2D eigenvalue weighted by Crippen LogP contribution is -2.31. The average Bonchev–Trinajstić information content (AvgIpc) is 2.99. The van der Waals surface area contributed by atoms with E-state index < -0.39 is 11.9 Å². The number of nitrogens with zero attached hydrogens (tertiary/aromatic N) is 1. The summed E-state index contributed by atoms with van der Waals surface area (Å²) < 4.78 is 0. The lowest BCUT2D eigenvalue weighted by atomic mass is 9.85. The van der Waals surface area contributed by atoms with Crippen molar-refractivity contribution in [3.8, 4) is 0 Å². The molecule has 3 amide bonds. The Labute approximate surface area is 166 Å². The Kier molecular flexibility index (Phi) is 4.72. The van der Waals surface area contributed by atoms with Crippen LogP contribution in [0.25, 0.3) is 0 Å². The molecule has 1 fully saturated rings. The van der Waals surface area contributed by atoms with Crippen LogP contribution in [0, 0.1) is 11.8 Å². The van der Waals surface area contributed by atoms with E-state index in [1.54, 1.807) is 18.2 Å². The number of anilines is 2. The van der Waals surface area contributed by atoms with E-state index in [1.165, 1.54) is 35.2 Å². The van der Waals surface area contributed by atoms with Crippen molar-refractivity contribution in [1.29, 1.82) is 0 Å². The number of amides is 3. The van der Waals surface area contributed by atoms with Gasteiger partial charge in [-0.25, -0.2) is 4.79 Å². The Bertz CT molecular complexity index is 1020. The molecule has 7 heteroatoms. The molecule has 0 radical (unpaired) electrons. The van der Waals surface area contributed by atoms with Crippen LogP contribution < -0.4 is 10.2 Å². The van der Waals surface area contributed by atoms with Crippen LogP contribution >= 0.6 is 0 Å². The quantitative estimate of drug-likeness (QED) is 0.617. The Balaban J connectivity index is 1.54. The number of hydrogen-bond donors (Lipinski definition) is 2. The smallest absolute Gasteiger partial charge is 0.335 e. The third kappa shape index (κ3) is 3.42. The van der Waals surface area contributed by atoms with E-state index in [9.17, 15) is 19.2 Å². The van der Waals surface area contributed by atoms with Gasteiger partial charge in [0.05, 0.1) is 23.1 Å². The number of benzene rings is 2. The molecule has 7 nitrogen and oxygen atoms in total. The fraction of sp³-hybridized carbons (Fsp3) is 0.182. The minimum absolute atomic E-state index is 0.118. The second-order valence-corrected chi connectivity index (χ2v) is 7.05. The molecule has 4 rings (SSSR count). The lowest BCUT2D eigenvalue weighted by Gasteiger charge is -2.16. The maximum Gasteiger partial charge on any atom is 0.335 e. The highest BCUT2D eigenvalue weighted by molar-refractivity contribution is 6.22. The van der Waals surface area contributed by atoms with Crippen molar-refractivity contribution < 1.29 is 24.3 Å². The van der Waals surface area contributed by atoms with E-state index >= 15 is 0 Å². The molecular formula is C22H18N2O5. The molecule has 0 bridgehead atoms. The number of carbonyl (C=O) groups is 4. The van der Waals surface area contributed by atoms with Crippen molar-refractivity contribution in [3.05, 3.63) is 71.8 Å². The molecule has 2 atom stereocenters. The van der Waals surface area contributed by atoms with Gasteiger partial charge in [0.2, 0.25) is 11.8 Å². The molecule has 1 heterocycles. The Morgan fingerprint density at radius 1 is 0.897 bits per heavy atom. The minimum Gasteiger partial charge on any atom is -0.478 e. The first-order valence-corrected chi connectivity index (χ1v) is 9.23. The first-order valence-electron chi connectivity index (χ1n) is 9.23. The molecule has 2 aliphatic rings. The van der Waals surface area contributed by atoms with Gasteiger partial charge in [-0.1, -0.05) is 18.2 Å². The number of hydrogen-bond acceptors (Lipinski definition) is 4. The number of nitrogens with one attached hydrogen (secondary N) is 1. The predicted octanol–water partition coefficient (Wildman–Crippen LogP) is 3.09. The van der Waals surface area contributed by atoms with Crippen LogP contribution in [0.1, 0.15) is 33.6 Å². The van der Waals surface area contributed by atoms with Gasteiger partial charge in [0, 0.05) is 11.3 Å². The Morgan fingerprint density at radius 3 is 2.10 bits per heavy atom. The van der Waals surface area contributed by atoms with Gasteiger partial charge in [-0.15, -0.1) is 0 Å². The van der Waals surface area contributed by atoms with Crippen LogP contribution in [0.15, 0.2) is 60.7 Å². The number of carboxylic acids is 1. The molecule has 0 aromatic heterocycles. The van der Waals surface area contributed by atoms with Gasteiger partial charge in [0.25, 0.3) is 5.91 Å². The normalized spacial score (nSPS) is 20.5. The second-order valence-electron chi connectivity index (χ2n) is 7.05. The van der Waals surface area contributed by atoms with Crippen molar-refractivity contribution in [2.24, 2.45) is 11.8 Å². The van der Waals surface area contributed by atoms with Crippen LogP contribution in [0.3, 0.4) is 0 Å². The summed E-state index contributed by atoms with van der Waals surface area (Å²) in [5.74, 6) is -2.60. The maximum absolute atomic E-state index is 12.7. The molecule has 0 unspecified atom stereocenters. The van der Waals surface area contributed by atoms with Gasteiger partial charge in [-0.05, 0) is 55.3 Å². The van der Waals surface area contributed by atoms with E-state index in [4.69, 9.17) is 5.11 Å². The highest BCUT2D eigenvalue weighted by atomic mass is 16.4. The molecule has 29 heavy (non-hydrogen) atoms. The largest absolute Gasteiger partial charge is 0.478 e. The molecule has 1 aliphatic carbocycles. The summed E-state index contributed by atoms with van der Waals surface area (Å²) in [5, 5.41) is 11.6. The number of allylic oxidation sites excluding steroid dienone is 2. The van der Waals surface area contributed by atoms with Crippen molar-refractivity contribution >= 4 is 35.1 Å². The van der Waals surface area contributed by atoms with Gasteiger partial charge >= 0.3 is 5.97 Å². The van der Waals surface area contributed by atoms with E-state index in [1.807, 2.05) is 12.2 Å². The highest BCUT2D eigenvalue weighted by Gasteiger charge is 2.47. The van der Waals surface area contributed by atoms with E-state index in [0.717, 1.165) is 0 Å². The number of carbonyl (C=O) groups excluding carboxylic acids is 3. The Morgan fingerprint density at radius 2 is 1.52 bits per heavy atom. The number of rotatable bonds is 4. The summed E-state index contributed by atoms with van der Waals surface area (Å²) in [6, 6.07) is 12.1. The first-order chi connectivity index (χ1) is 14.0. The van der Waals surface area contributed by atoms with Crippen LogP contribution in [-0.4, -0.2) is 28.8 Å². The SMILES string of the molecule is O=C(O)c1ccc(NC(=O)c2cccc(N3C(=O)[C@@H]4CC=CC[C@H]4C3=O)c2)cc1. The molecule has 146 valence electrons. The third-order valence-corrected chi connectivity index (χ3v) is 5.26. The zero-order chi connectivity index (χ0) is 20.5. The van der Waals surface area contributed by atoms with Gasteiger partial charge in [0.1, 0.15) is 0 Å². The second kappa shape index (κ2) is 7.35. The van der Waals surface area contributed by atoms with Crippen molar-refractivity contribution in [2.75, 3.05) is 10.2 Å². The molecule has 2 aromatic rings. The molecule has 2 aromatic carbocycles. The van der Waals surface area contributed by atoms with Gasteiger partial charge in [-0.2, -0.15) is 0 Å². The first kappa shape index (κ1) is 18.6. The number of carboxylic acid groups (broad SMARTS) is 1. The van der Waals surface area contributed by atoms with E-state index in [-0.39, 0.29) is 29.2 Å². The molecule has 2 N–H and O–H groups in total. The Hall–Kier alpha value is -3.74. The van der Waals surface area contributed by atoms with Crippen LogP contribution in [-0.2, 0) is 9.59 Å². The summed E-state index contributed by atoms with van der Waals surface area (Å²) in [6.45, 7) is 0. The van der Waals surface area contributed by atoms with Gasteiger partial charge < -0.3 is 10.4 Å². The van der Waals surface area contributed by atoms with Crippen LogP contribution in [0.5, 0.6) is 0 Å². The summed E-state index contributed by atoms with van der Waals surface area (Å²) in [7, 11) is 0. The average molecular weight is 390 g/mol. The topological polar surface area (TPSA) is 104 Å². The highest BCUT2D eigenvalue weighted by Crippen LogP contribution is 2.37. The molecular weight excluding hydrogens is 372 g/mol. The summed E-state index contributed by atoms with van der Waals surface area (Å²) in [6.07, 6.45) is 4.96. The third-order valence-electron chi connectivity index (χ3n) is 5.26. The molecule has 1 aliphatic heterocycles. The van der Waals surface area contributed by atoms with Gasteiger partial charge in [0.15, 0.2) is 0 Å². The summed E-state index contributed by atoms with van der Waals surface area (Å²) in [4.78, 5) is 50.1. The van der Waals surface area contributed by atoms with Crippen molar-refractivity contribution in [2.45, 2.75) is 12.8 Å². The number of imide groups is 1. The summed E-state index contributed by atoms with van der Waals surface area (Å²) >= 11 is 0. The van der Waals surface area contributed by atoms with Crippen LogP contribution in [0.4, 0.5) is 11.4 Å². The standard InChI is InChI=1S/C22H18N2O5/c25-19(23-15-10-8-13(9-11-15)22(28)29)14-4-3-5-16(12-14)24-20(26)17-6-1-2-7-18(17)21(24)27/h1-5,8-12,17-18H,6-7H2,(H,23,25)(H,28,29)/t17-,18-/m1/s1. The molecule has 0 saturated carbocycles. The fourth-order valence-corrected chi connectivity index (χ4v) is 3.74.